The summed E-state index contributed by atoms with van der Waals surface area (Å²) in [4.78, 5) is 12.5. The molecule has 0 fully saturated rings. The Morgan fingerprint density at radius 2 is 1.96 bits per heavy atom. The smallest absolute Gasteiger partial charge is 0.340 e. The number of dihydropyridines is 1. The Bertz CT molecular complexity index is 730. The second-order valence-corrected chi connectivity index (χ2v) is 7.96. The lowest BCUT2D eigenvalue weighted by Gasteiger charge is -2.21. The molecule has 2 rings (SSSR count). The first kappa shape index (κ1) is 20.1. The van der Waals surface area contributed by atoms with Crippen LogP contribution >= 0.6 is 11.8 Å². The maximum absolute atomic E-state index is 12.5. The molecule has 0 saturated heterocycles. The van der Waals surface area contributed by atoms with Gasteiger partial charge in [0.05, 0.1) is 23.1 Å². The first-order valence-corrected chi connectivity index (χ1v) is 9.87. The molecule has 0 radical (unpaired) electrons. The molecule has 1 aliphatic heterocycles. The summed E-state index contributed by atoms with van der Waals surface area (Å²) >= 11 is 1.88. The largest absolute Gasteiger partial charge is 0.462 e. The van der Waals surface area contributed by atoms with Gasteiger partial charge >= 0.3 is 5.97 Å². The molecule has 3 nitrogen and oxygen atoms in total. The van der Waals surface area contributed by atoms with Gasteiger partial charge in [-0.2, -0.15) is 0 Å². The molecule has 1 N–H and O–H groups in total. The van der Waals surface area contributed by atoms with Crippen molar-refractivity contribution in [2.45, 2.75) is 38.2 Å². The predicted molar refractivity (Wildman–Crippen MR) is 111 cm³/mol. The minimum absolute atomic E-state index is 0.185. The highest BCUT2D eigenvalue weighted by Gasteiger charge is 2.20. The molecule has 0 aromatic heterocycles. The third kappa shape index (κ3) is 5.67. The summed E-state index contributed by atoms with van der Waals surface area (Å²) in [7, 11) is 0. The van der Waals surface area contributed by atoms with Gasteiger partial charge in [0.25, 0.3) is 0 Å². The van der Waals surface area contributed by atoms with Crippen LogP contribution < -0.4 is 5.32 Å². The first-order valence-electron chi connectivity index (χ1n) is 8.92. The summed E-state index contributed by atoms with van der Waals surface area (Å²) in [6.07, 6.45) is 9.46. The normalized spacial score (nSPS) is 17.0. The van der Waals surface area contributed by atoms with Gasteiger partial charge in [0.15, 0.2) is 0 Å². The van der Waals surface area contributed by atoms with Gasteiger partial charge in [0.1, 0.15) is 0 Å². The quantitative estimate of drug-likeness (QED) is 0.522. The topological polar surface area (TPSA) is 38.3 Å². The standard InChI is InChI=1S/C22H27NO2S/c1-5-25-22(24)19(20-13-9-10-14-23-20)15-17(4)21(26-16(2)3)18-11-7-6-8-12-18/h6-16,21,23H,5H2,1-4H3/b17-15+,20-19+/t21-/m1/s1. The summed E-state index contributed by atoms with van der Waals surface area (Å²) in [5.74, 6) is -0.310. The molecule has 1 aliphatic rings. The summed E-state index contributed by atoms with van der Waals surface area (Å²) < 4.78 is 5.28. The van der Waals surface area contributed by atoms with Crippen LogP contribution in [0.1, 0.15) is 38.5 Å². The van der Waals surface area contributed by atoms with Gasteiger partial charge in [-0.25, -0.2) is 4.79 Å². The Hall–Kier alpha value is -2.20. The van der Waals surface area contributed by atoms with Gasteiger partial charge in [-0.05, 0) is 42.9 Å². The maximum Gasteiger partial charge on any atom is 0.340 e. The van der Waals surface area contributed by atoms with Crippen molar-refractivity contribution in [3.63, 3.8) is 0 Å². The predicted octanol–water partition coefficient (Wildman–Crippen LogP) is 5.31. The van der Waals surface area contributed by atoms with Gasteiger partial charge < -0.3 is 10.1 Å². The highest BCUT2D eigenvalue weighted by atomic mass is 32.2. The fourth-order valence-electron chi connectivity index (χ4n) is 2.67. The van der Waals surface area contributed by atoms with Crippen molar-refractivity contribution >= 4 is 17.7 Å². The van der Waals surface area contributed by atoms with Crippen LogP contribution in [-0.4, -0.2) is 17.8 Å². The number of nitrogens with one attached hydrogen (secondary N) is 1. The van der Waals surface area contributed by atoms with Gasteiger partial charge in [0.2, 0.25) is 0 Å². The number of hydrogen-bond acceptors (Lipinski definition) is 4. The Labute approximate surface area is 160 Å². The number of ether oxygens (including phenoxy) is 1. The van der Waals surface area contributed by atoms with Crippen molar-refractivity contribution in [2.75, 3.05) is 6.61 Å². The van der Waals surface area contributed by atoms with E-state index in [4.69, 9.17) is 4.74 Å². The number of thioether (sulfide) groups is 1. The van der Waals surface area contributed by atoms with Crippen LogP contribution in [0.4, 0.5) is 0 Å². The Morgan fingerprint density at radius 1 is 1.23 bits per heavy atom. The summed E-state index contributed by atoms with van der Waals surface area (Å²) in [5, 5.41) is 3.80. The minimum Gasteiger partial charge on any atom is -0.462 e. The average molecular weight is 370 g/mol. The van der Waals surface area contributed by atoms with E-state index in [1.165, 1.54) is 5.56 Å². The molecule has 0 bridgehead atoms. The van der Waals surface area contributed by atoms with Gasteiger partial charge in [-0.15, -0.1) is 11.8 Å². The van der Waals surface area contributed by atoms with Crippen molar-refractivity contribution in [1.29, 1.82) is 0 Å². The molecular formula is C22H27NO2S. The number of esters is 1. The number of carbonyl (C=O) groups excluding carboxylic acids is 1. The number of carbonyl (C=O) groups is 1. The zero-order valence-electron chi connectivity index (χ0n) is 15.9. The van der Waals surface area contributed by atoms with Crippen LogP contribution in [0.25, 0.3) is 0 Å². The lowest BCUT2D eigenvalue weighted by Crippen LogP contribution is -2.16. The molecule has 1 aromatic rings. The van der Waals surface area contributed by atoms with Gasteiger partial charge in [-0.1, -0.05) is 55.8 Å². The molecule has 0 aliphatic carbocycles. The van der Waals surface area contributed by atoms with E-state index in [2.05, 4.69) is 50.4 Å². The Morgan fingerprint density at radius 3 is 2.54 bits per heavy atom. The third-order valence-corrected chi connectivity index (χ3v) is 5.25. The monoisotopic (exact) mass is 369 g/mol. The van der Waals surface area contributed by atoms with E-state index in [-0.39, 0.29) is 11.2 Å². The first-order chi connectivity index (χ1) is 12.5. The van der Waals surface area contributed by atoms with Crippen LogP contribution in [0.3, 0.4) is 0 Å². The van der Waals surface area contributed by atoms with Crippen LogP contribution in [0, 0.1) is 0 Å². The van der Waals surface area contributed by atoms with E-state index in [1.54, 1.807) is 0 Å². The van der Waals surface area contributed by atoms with E-state index in [9.17, 15) is 4.79 Å². The zero-order valence-corrected chi connectivity index (χ0v) is 16.7. The third-order valence-electron chi connectivity index (χ3n) is 3.79. The molecular weight excluding hydrogens is 342 g/mol. The Kier molecular flexibility index (Phi) is 7.79. The highest BCUT2D eigenvalue weighted by molar-refractivity contribution is 8.00. The number of benzene rings is 1. The highest BCUT2D eigenvalue weighted by Crippen LogP contribution is 2.38. The molecule has 1 atom stereocenters. The lowest BCUT2D eigenvalue weighted by atomic mass is 10.0. The maximum atomic E-state index is 12.5. The van der Waals surface area contributed by atoms with Crippen molar-refractivity contribution in [3.8, 4) is 0 Å². The van der Waals surface area contributed by atoms with Crippen LogP contribution in [0.15, 0.2) is 77.7 Å². The molecule has 0 amide bonds. The van der Waals surface area contributed by atoms with Gasteiger partial charge in [0, 0.05) is 6.20 Å². The molecule has 1 aromatic carbocycles. The molecule has 0 saturated carbocycles. The van der Waals surface area contributed by atoms with Crippen LogP contribution in [-0.2, 0) is 9.53 Å². The molecule has 0 unspecified atom stereocenters. The number of hydrogen-bond donors (Lipinski definition) is 1. The number of allylic oxidation sites excluding steroid dienone is 3. The molecule has 0 spiro atoms. The van der Waals surface area contributed by atoms with E-state index < -0.39 is 0 Å². The van der Waals surface area contributed by atoms with Crippen molar-refractivity contribution in [1.82, 2.24) is 5.32 Å². The van der Waals surface area contributed by atoms with Crippen molar-refractivity contribution in [3.05, 3.63) is 83.2 Å². The molecule has 1 heterocycles. The fourth-order valence-corrected chi connectivity index (χ4v) is 3.81. The zero-order chi connectivity index (χ0) is 18.9. The second kappa shape index (κ2) is 10.1. The van der Waals surface area contributed by atoms with E-state index >= 15 is 0 Å². The minimum atomic E-state index is -0.310. The molecule has 138 valence electrons. The van der Waals surface area contributed by atoms with Crippen molar-refractivity contribution in [2.24, 2.45) is 0 Å². The summed E-state index contributed by atoms with van der Waals surface area (Å²) in [5.41, 5.74) is 3.66. The lowest BCUT2D eigenvalue weighted by molar-refractivity contribution is -0.138. The second-order valence-electron chi connectivity index (χ2n) is 6.27. The number of rotatable bonds is 7. The average Bonchev–Trinajstić information content (AvgIpc) is 2.65. The van der Waals surface area contributed by atoms with Crippen LogP contribution in [0.5, 0.6) is 0 Å². The molecule has 4 heteroatoms. The summed E-state index contributed by atoms with van der Waals surface area (Å²) in [6.45, 7) is 8.63. The van der Waals surface area contributed by atoms with Crippen LogP contribution in [0.2, 0.25) is 0 Å². The Balaban J connectivity index is 2.43. The van der Waals surface area contributed by atoms with E-state index in [0.717, 1.165) is 11.3 Å². The van der Waals surface area contributed by atoms with E-state index in [0.29, 0.717) is 17.4 Å². The summed E-state index contributed by atoms with van der Waals surface area (Å²) in [6, 6.07) is 10.4. The fraction of sp³-hybridized carbons (Fsp3) is 0.318. The van der Waals surface area contributed by atoms with E-state index in [1.807, 2.05) is 55.3 Å². The molecule has 26 heavy (non-hydrogen) atoms. The van der Waals surface area contributed by atoms with Crippen molar-refractivity contribution < 1.29 is 9.53 Å². The SMILES string of the molecule is CCOC(=O)C(/C=C(\C)[C@@H](SC(C)C)c1ccccc1)=C1\C=CC=CN1. The van der Waals surface area contributed by atoms with Gasteiger partial charge in [-0.3, -0.25) is 0 Å².